The van der Waals surface area contributed by atoms with Gasteiger partial charge in [0.25, 0.3) is 0 Å². The minimum Gasteiger partial charge on any atom is -0.369 e. The SMILES string of the molecule is NC1=NC(=NCCCc2ccccc2)C2N=CN=C2N1. The highest BCUT2D eigenvalue weighted by Crippen LogP contribution is 2.09. The van der Waals surface area contributed by atoms with Gasteiger partial charge in [-0.1, -0.05) is 30.3 Å². The van der Waals surface area contributed by atoms with Crippen molar-refractivity contribution in [2.24, 2.45) is 25.7 Å². The molecule has 1 atom stereocenters. The first-order valence-corrected chi connectivity index (χ1v) is 6.62. The number of hydrogen-bond acceptors (Lipinski definition) is 5. The van der Waals surface area contributed by atoms with Crippen molar-refractivity contribution in [1.29, 1.82) is 0 Å². The van der Waals surface area contributed by atoms with Crippen LogP contribution in [0.15, 0.2) is 50.3 Å². The van der Waals surface area contributed by atoms with E-state index in [-0.39, 0.29) is 6.04 Å². The van der Waals surface area contributed by atoms with E-state index in [0.29, 0.717) is 24.2 Å². The number of benzene rings is 1. The van der Waals surface area contributed by atoms with Crippen LogP contribution in [0.2, 0.25) is 0 Å². The molecule has 1 aromatic rings. The molecule has 0 aromatic heterocycles. The Morgan fingerprint density at radius 1 is 1.25 bits per heavy atom. The molecule has 0 aliphatic carbocycles. The van der Waals surface area contributed by atoms with Gasteiger partial charge in [0, 0.05) is 6.54 Å². The maximum atomic E-state index is 5.70. The summed E-state index contributed by atoms with van der Waals surface area (Å²) >= 11 is 0. The first kappa shape index (κ1) is 12.5. The number of nitrogens with two attached hydrogens (primary N) is 1. The summed E-state index contributed by atoms with van der Waals surface area (Å²) in [6.45, 7) is 0.709. The zero-order valence-electron chi connectivity index (χ0n) is 11.0. The van der Waals surface area contributed by atoms with Gasteiger partial charge < -0.3 is 11.1 Å². The number of amidine groups is 2. The molecule has 3 rings (SSSR count). The van der Waals surface area contributed by atoms with Gasteiger partial charge in [0.2, 0.25) is 5.96 Å². The maximum absolute atomic E-state index is 5.70. The summed E-state index contributed by atoms with van der Waals surface area (Å²) in [7, 11) is 0. The quantitative estimate of drug-likeness (QED) is 0.789. The zero-order valence-corrected chi connectivity index (χ0v) is 11.0. The summed E-state index contributed by atoms with van der Waals surface area (Å²) in [5, 5.41) is 2.90. The number of fused-ring (bicyclic) bond motifs is 1. The highest BCUT2D eigenvalue weighted by atomic mass is 15.2. The van der Waals surface area contributed by atoms with Gasteiger partial charge >= 0.3 is 0 Å². The van der Waals surface area contributed by atoms with Crippen LogP contribution < -0.4 is 11.1 Å². The molecule has 0 amide bonds. The van der Waals surface area contributed by atoms with Crippen LogP contribution in [0.3, 0.4) is 0 Å². The molecule has 0 bridgehead atoms. The second-order valence-electron chi connectivity index (χ2n) is 4.63. The van der Waals surface area contributed by atoms with Crippen molar-refractivity contribution < 1.29 is 0 Å². The smallest absolute Gasteiger partial charge is 0.200 e. The van der Waals surface area contributed by atoms with E-state index in [1.165, 1.54) is 11.9 Å². The van der Waals surface area contributed by atoms with Crippen molar-refractivity contribution in [3.8, 4) is 0 Å². The van der Waals surface area contributed by atoms with Gasteiger partial charge in [0.15, 0.2) is 11.9 Å². The fourth-order valence-electron chi connectivity index (χ4n) is 2.18. The Morgan fingerprint density at radius 3 is 2.95 bits per heavy atom. The van der Waals surface area contributed by atoms with Gasteiger partial charge in [-0.25, -0.2) is 4.99 Å². The summed E-state index contributed by atoms with van der Waals surface area (Å²) in [5.41, 5.74) is 7.02. The molecular weight excluding hydrogens is 252 g/mol. The first-order valence-electron chi connectivity index (χ1n) is 6.62. The van der Waals surface area contributed by atoms with E-state index < -0.39 is 0 Å². The predicted octanol–water partition coefficient (Wildman–Crippen LogP) is 0.745. The normalized spacial score (nSPS) is 22.2. The topological polar surface area (TPSA) is 87.5 Å². The lowest BCUT2D eigenvalue weighted by Gasteiger charge is -2.18. The van der Waals surface area contributed by atoms with Gasteiger partial charge in [-0.05, 0) is 18.4 Å². The largest absolute Gasteiger partial charge is 0.369 e. The van der Waals surface area contributed by atoms with Crippen LogP contribution >= 0.6 is 0 Å². The van der Waals surface area contributed by atoms with Crippen LogP contribution in [-0.4, -0.2) is 36.6 Å². The Labute approximate surface area is 117 Å². The molecule has 6 heteroatoms. The Kier molecular flexibility index (Phi) is 3.54. The van der Waals surface area contributed by atoms with Crippen molar-refractivity contribution in [3.05, 3.63) is 35.9 Å². The third-order valence-corrected chi connectivity index (χ3v) is 3.15. The molecule has 0 saturated heterocycles. The summed E-state index contributed by atoms with van der Waals surface area (Å²) in [5.74, 6) is 1.67. The molecule has 2 aliphatic heterocycles. The van der Waals surface area contributed by atoms with E-state index in [0.717, 1.165) is 12.8 Å². The number of aryl methyl sites for hydroxylation is 1. The number of nitrogens with zero attached hydrogens (tertiary/aromatic N) is 4. The van der Waals surface area contributed by atoms with E-state index in [1.54, 1.807) is 0 Å². The Hall–Kier alpha value is -2.50. The Morgan fingerprint density at radius 2 is 2.10 bits per heavy atom. The molecule has 0 fully saturated rings. The second-order valence-corrected chi connectivity index (χ2v) is 4.63. The summed E-state index contributed by atoms with van der Waals surface area (Å²) in [6.07, 6.45) is 3.49. The van der Waals surface area contributed by atoms with Gasteiger partial charge in [0.05, 0.1) is 0 Å². The van der Waals surface area contributed by atoms with Gasteiger partial charge in [-0.3, -0.25) is 9.98 Å². The van der Waals surface area contributed by atoms with E-state index in [1.807, 2.05) is 6.07 Å². The molecule has 6 nitrogen and oxygen atoms in total. The third kappa shape index (κ3) is 2.74. The monoisotopic (exact) mass is 268 g/mol. The van der Waals surface area contributed by atoms with Crippen LogP contribution in [0.25, 0.3) is 0 Å². The molecule has 1 unspecified atom stereocenters. The molecule has 102 valence electrons. The van der Waals surface area contributed by atoms with Crippen molar-refractivity contribution >= 4 is 24.0 Å². The molecule has 0 saturated carbocycles. The molecule has 2 aliphatic rings. The van der Waals surface area contributed by atoms with Gasteiger partial charge in [0.1, 0.15) is 12.2 Å². The average Bonchev–Trinajstić information content (AvgIpc) is 2.92. The predicted molar refractivity (Wildman–Crippen MR) is 81.5 cm³/mol. The van der Waals surface area contributed by atoms with Crippen LogP contribution in [-0.2, 0) is 6.42 Å². The number of nitrogens with one attached hydrogen (secondary N) is 1. The van der Waals surface area contributed by atoms with Gasteiger partial charge in [-0.15, -0.1) is 0 Å². The van der Waals surface area contributed by atoms with Crippen molar-refractivity contribution in [1.82, 2.24) is 5.32 Å². The van der Waals surface area contributed by atoms with Crippen LogP contribution in [0.4, 0.5) is 0 Å². The second kappa shape index (κ2) is 5.64. The summed E-state index contributed by atoms with van der Waals surface area (Å²) in [6, 6.07) is 10.2. The maximum Gasteiger partial charge on any atom is 0.200 e. The first-order chi connectivity index (χ1) is 9.83. The fraction of sp³-hybridized carbons (Fsp3) is 0.286. The highest BCUT2D eigenvalue weighted by molar-refractivity contribution is 6.24. The average molecular weight is 268 g/mol. The minimum atomic E-state index is -0.209. The zero-order chi connectivity index (χ0) is 13.8. The number of rotatable bonds is 4. The third-order valence-electron chi connectivity index (χ3n) is 3.15. The van der Waals surface area contributed by atoms with Crippen LogP contribution in [0.1, 0.15) is 12.0 Å². The summed E-state index contributed by atoms with van der Waals surface area (Å²) in [4.78, 5) is 17.0. The molecular formula is C14H16N6. The molecule has 3 N–H and O–H groups in total. The Balaban J connectivity index is 1.60. The highest BCUT2D eigenvalue weighted by Gasteiger charge is 2.28. The lowest BCUT2D eigenvalue weighted by Crippen LogP contribution is -2.48. The number of aliphatic imine (C=N–C) groups is 4. The van der Waals surface area contributed by atoms with Gasteiger partial charge in [-0.2, -0.15) is 4.99 Å². The van der Waals surface area contributed by atoms with Crippen molar-refractivity contribution in [2.45, 2.75) is 18.9 Å². The molecule has 20 heavy (non-hydrogen) atoms. The van der Waals surface area contributed by atoms with Crippen LogP contribution in [0.5, 0.6) is 0 Å². The number of guanidine groups is 1. The Bertz CT molecular complexity index is 599. The van der Waals surface area contributed by atoms with E-state index in [9.17, 15) is 0 Å². The molecule has 0 spiro atoms. The van der Waals surface area contributed by atoms with E-state index >= 15 is 0 Å². The number of hydrogen-bond donors (Lipinski definition) is 2. The lowest BCUT2D eigenvalue weighted by molar-refractivity contribution is 0.826. The lowest BCUT2D eigenvalue weighted by atomic mass is 10.1. The molecule has 0 radical (unpaired) electrons. The standard InChI is InChI=1S/C14H16N6/c15-14-19-12(11-13(20-14)18-9-17-11)16-8-4-7-10-5-2-1-3-6-10/h1-3,5-6,9,11H,4,7-8H2,(H3,15,16,17,18,19,20). The molecule has 1 aromatic carbocycles. The van der Waals surface area contributed by atoms with Crippen molar-refractivity contribution in [2.75, 3.05) is 6.54 Å². The van der Waals surface area contributed by atoms with Crippen LogP contribution in [0, 0.1) is 0 Å². The fourth-order valence-corrected chi connectivity index (χ4v) is 2.18. The summed E-state index contributed by atoms with van der Waals surface area (Å²) < 4.78 is 0. The minimum absolute atomic E-state index is 0.209. The van der Waals surface area contributed by atoms with E-state index in [2.05, 4.69) is 49.6 Å². The molecule has 2 heterocycles. The van der Waals surface area contributed by atoms with E-state index in [4.69, 9.17) is 5.73 Å². The van der Waals surface area contributed by atoms with Crippen molar-refractivity contribution in [3.63, 3.8) is 0 Å².